The Morgan fingerprint density at radius 2 is 1.86 bits per heavy atom. The highest BCUT2D eigenvalue weighted by atomic mass is 16.2. The topological polar surface area (TPSA) is 49.4 Å². The summed E-state index contributed by atoms with van der Waals surface area (Å²) in [6, 6.07) is 0. The van der Waals surface area contributed by atoms with E-state index in [0.717, 1.165) is 18.9 Å². The first kappa shape index (κ1) is 16.3. The van der Waals surface area contributed by atoms with Gasteiger partial charge in [-0.1, -0.05) is 39.5 Å². The van der Waals surface area contributed by atoms with Gasteiger partial charge < -0.3 is 10.2 Å². The van der Waals surface area contributed by atoms with Crippen molar-refractivity contribution in [3.63, 3.8) is 0 Å². The minimum Gasteiger partial charge on any atom is -0.342 e. The van der Waals surface area contributed by atoms with E-state index in [-0.39, 0.29) is 11.8 Å². The Balaban J connectivity index is 1.93. The molecule has 2 rings (SSSR count). The molecule has 1 N–H and O–H groups in total. The van der Waals surface area contributed by atoms with E-state index in [9.17, 15) is 9.59 Å². The summed E-state index contributed by atoms with van der Waals surface area (Å²) in [5.41, 5.74) is -0.666. The molecule has 1 saturated heterocycles. The summed E-state index contributed by atoms with van der Waals surface area (Å²) in [6.45, 7) is 5.37. The summed E-state index contributed by atoms with van der Waals surface area (Å²) < 4.78 is 0. The van der Waals surface area contributed by atoms with E-state index < -0.39 is 5.54 Å². The van der Waals surface area contributed by atoms with Crippen LogP contribution in [0.3, 0.4) is 0 Å². The van der Waals surface area contributed by atoms with E-state index in [1.54, 1.807) is 0 Å². The van der Waals surface area contributed by atoms with Gasteiger partial charge in [-0.25, -0.2) is 0 Å². The van der Waals surface area contributed by atoms with Gasteiger partial charge in [0.15, 0.2) is 0 Å². The van der Waals surface area contributed by atoms with E-state index >= 15 is 0 Å². The van der Waals surface area contributed by atoms with Crippen LogP contribution in [0.1, 0.15) is 71.6 Å². The first-order valence-corrected chi connectivity index (χ1v) is 8.71. The van der Waals surface area contributed by atoms with Gasteiger partial charge in [-0.15, -0.1) is 0 Å². The molecule has 0 aromatic carbocycles. The van der Waals surface area contributed by atoms with E-state index in [0.29, 0.717) is 25.8 Å². The molecular formula is C17H30N2O2. The third-order valence-corrected chi connectivity index (χ3v) is 5.41. The Morgan fingerprint density at radius 3 is 2.48 bits per heavy atom. The Hall–Kier alpha value is -1.06. The van der Waals surface area contributed by atoms with Crippen LogP contribution in [0.15, 0.2) is 0 Å². The van der Waals surface area contributed by atoms with Crippen LogP contribution < -0.4 is 5.32 Å². The molecule has 1 heterocycles. The molecule has 2 aliphatic rings. The van der Waals surface area contributed by atoms with Crippen molar-refractivity contribution < 1.29 is 9.59 Å². The van der Waals surface area contributed by atoms with Crippen molar-refractivity contribution >= 4 is 11.8 Å². The molecule has 1 aliphatic heterocycles. The van der Waals surface area contributed by atoms with Crippen molar-refractivity contribution in [1.29, 1.82) is 0 Å². The second kappa shape index (κ2) is 7.28. The minimum atomic E-state index is -0.666. The quantitative estimate of drug-likeness (QED) is 0.819. The molecule has 4 nitrogen and oxygen atoms in total. The number of hydrogen-bond donors (Lipinski definition) is 1. The highest BCUT2D eigenvalue weighted by Gasteiger charge is 2.41. The third-order valence-electron chi connectivity index (χ3n) is 5.41. The molecule has 120 valence electrons. The molecule has 0 bridgehead atoms. The zero-order valence-corrected chi connectivity index (χ0v) is 13.6. The molecule has 0 aromatic rings. The molecule has 21 heavy (non-hydrogen) atoms. The number of nitrogens with one attached hydrogen (secondary N) is 1. The van der Waals surface area contributed by atoms with Crippen LogP contribution in [0.2, 0.25) is 0 Å². The molecule has 1 aliphatic carbocycles. The zero-order chi connectivity index (χ0) is 15.3. The molecule has 4 heteroatoms. The van der Waals surface area contributed by atoms with Crippen LogP contribution >= 0.6 is 0 Å². The Morgan fingerprint density at radius 1 is 1.19 bits per heavy atom. The molecule has 1 saturated carbocycles. The zero-order valence-electron chi connectivity index (χ0n) is 13.6. The predicted octanol–water partition coefficient (Wildman–Crippen LogP) is 2.86. The molecule has 0 atom stereocenters. The molecule has 2 amide bonds. The van der Waals surface area contributed by atoms with Gasteiger partial charge in [-0.3, -0.25) is 9.59 Å². The molecule has 0 aromatic heterocycles. The summed E-state index contributed by atoms with van der Waals surface area (Å²) in [4.78, 5) is 26.6. The lowest BCUT2D eigenvalue weighted by atomic mass is 9.91. The number of amides is 2. The summed E-state index contributed by atoms with van der Waals surface area (Å²) in [5.74, 6) is 1.02. The second-order valence-electron chi connectivity index (χ2n) is 6.67. The van der Waals surface area contributed by atoms with Crippen LogP contribution in [-0.4, -0.2) is 35.3 Å². The molecule has 0 radical (unpaired) electrons. The molecule has 0 unspecified atom stereocenters. The first-order chi connectivity index (χ1) is 10.1. The van der Waals surface area contributed by atoms with Gasteiger partial charge >= 0.3 is 0 Å². The van der Waals surface area contributed by atoms with Gasteiger partial charge in [-0.05, 0) is 31.6 Å². The van der Waals surface area contributed by atoms with Gasteiger partial charge in [0.1, 0.15) is 5.54 Å². The lowest BCUT2D eigenvalue weighted by Gasteiger charge is -2.33. The van der Waals surface area contributed by atoms with Crippen LogP contribution in [0.5, 0.6) is 0 Å². The van der Waals surface area contributed by atoms with Crippen molar-refractivity contribution in [1.82, 2.24) is 10.2 Å². The maximum Gasteiger partial charge on any atom is 0.248 e. The number of hydrogen-bond acceptors (Lipinski definition) is 2. The van der Waals surface area contributed by atoms with Gasteiger partial charge in [0, 0.05) is 19.5 Å². The van der Waals surface area contributed by atoms with Gasteiger partial charge in [0.2, 0.25) is 11.8 Å². The predicted molar refractivity (Wildman–Crippen MR) is 83.8 cm³/mol. The average Bonchev–Trinajstić information content (AvgIpc) is 2.97. The fourth-order valence-corrected chi connectivity index (χ4v) is 3.84. The Kier molecular flexibility index (Phi) is 5.65. The number of nitrogens with zero attached hydrogens (tertiary/aromatic N) is 1. The molecule has 2 fully saturated rings. The van der Waals surface area contributed by atoms with Crippen LogP contribution in [0.4, 0.5) is 0 Å². The van der Waals surface area contributed by atoms with E-state index in [1.807, 2.05) is 18.7 Å². The maximum absolute atomic E-state index is 12.8. The summed E-state index contributed by atoms with van der Waals surface area (Å²) in [5, 5.41) is 2.97. The largest absolute Gasteiger partial charge is 0.342 e. The lowest BCUT2D eigenvalue weighted by Crippen LogP contribution is -2.56. The van der Waals surface area contributed by atoms with Crippen molar-refractivity contribution in [2.24, 2.45) is 5.92 Å². The fraction of sp³-hybridized carbons (Fsp3) is 0.882. The maximum atomic E-state index is 12.8. The van der Waals surface area contributed by atoms with Gasteiger partial charge in [-0.2, -0.15) is 0 Å². The number of carbonyl (C=O) groups is 2. The van der Waals surface area contributed by atoms with Crippen LogP contribution in [-0.2, 0) is 9.59 Å². The fourth-order valence-electron chi connectivity index (χ4n) is 3.84. The van der Waals surface area contributed by atoms with Crippen molar-refractivity contribution in [2.45, 2.75) is 77.2 Å². The van der Waals surface area contributed by atoms with E-state index in [2.05, 4.69) is 5.32 Å². The number of carbonyl (C=O) groups excluding carboxylic acids is 2. The van der Waals surface area contributed by atoms with Gasteiger partial charge in [0.25, 0.3) is 0 Å². The van der Waals surface area contributed by atoms with E-state index in [4.69, 9.17) is 0 Å². The minimum absolute atomic E-state index is 0.0188. The SMILES string of the molecule is CCC1(CC)NC(=O)CCN(CCCC2CCCC2)C1=O. The summed E-state index contributed by atoms with van der Waals surface area (Å²) in [6.07, 6.45) is 9.58. The van der Waals surface area contributed by atoms with Crippen LogP contribution in [0, 0.1) is 5.92 Å². The second-order valence-corrected chi connectivity index (χ2v) is 6.67. The van der Waals surface area contributed by atoms with Crippen molar-refractivity contribution in [2.75, 3.05) is 13.1 Å². The monoisotopic (exact) mass is 294 g/mol. The molecular weight excluding hydrogens is 264 g/mol. The lowest BCUT2D eigenvalue weighted by molar-refractivity contribution is -0.139. The van der Waals surface area contributed by atoms with Crippen molar-refractivity contribution in [3.8, 4) is 0 Å². The van der Waals surface area contributed by atoms with Gasteiger partial charge in [0.05, 0.1) is 0 Å². The smallest absolute Gasteiger partial charge is 0.248 e. The molecule has 0 spiro atoms. The van der Waals surface area contributed by atoms with Crippen molar-refractivity contribution in [3.05, 3.63) is 0 Å². The van der Waals surface area contributed by atoms with Crippen LogP contribution in [0.25, 0.3) is 0 Å². The Bertz CT molecular complexity index is 371. The summed E-state index contributed by atoms with van der Waals surface area (Å²) in [7, 11) is 0. The third kappa shape index (κ3) is 3.78. The highest BCUT2D eigenvalue weighted by molar-refractivity contribution is 5.93. The normalized spacial score (nSPS) is 23.2. The summed E-state index contributed by atoms with van der Waals surface area (Å²) >= 11 is 0. The Labute approximate surface area is 128 Å². The average molecular weight is 294 g/mol. The van der Waals surface area contributed by atoms with E-state index in [1.165, 1.54) is 32.1 Å². The highest BCUT2D eigenvalue weighted by Crippen LogP contribution is 2.29. The number of rotatable bonds is 6. The first-order valence-electron chi connectivity index (χ1n) is 8.71. The standard InChI is InChI=1S/C17H30N2O2/c1-3-17(4-2)16(21)19(13-11-15(20)18-17)12-7-10-14-8-5-6-9-14/h14H,3-13H2,1-2H3,(H,18,20).